The number of halogens is 1. The summed E-state index contributed by atoms with van der Waals surface area (Å²) < 4.78 is 0. The predicted molar refractivity (Wildman–Crippen MR) is 94.5 cm³/mol. The van der Waals surface area contributed by atoms with E-state index in [2.05, 4.69) is 30.3 Å². The molecule has 0 aliphatic heterocycles. The summed E-state index contributed by atoms with van der Waals surface area (Å²) in [6.07, 6.45) is 0. The molecule has 3 rings (SSSR count). The topological polar surface area (TPSA) is 70.9 Å². The first-order valence-corrected chi connectivity index (χ1v) is 7.82. The van der Waals surface area contributed by atoms with Crippen molar-refractivity contribution in [2.24, 2.45) is 5.84 Å². The van der Waals surface area contributed by atoms with E-state index in [9.17, 15) is 4.79 Å². The molecule has 0 saturated heterocycles. The maximum absolute atomic E-state index is 12.2. The first-order chi connectivity index (χ1) is 11.0. The first-order valence-electron chi connectivity index (χ1n) is 7.44. The van der Waals surface area contributed by atoms with Crippen molar-refractivity contribution in [1.82, 2.24) is 10.4 Å². The number of nitrogens with one attached hydrogen (secondary N) is 2. The fourth-order valence-corrected chi connectivity index (χ4v) is 3.01. The van der Waals surface area contributed by atoms with Crippen molar-refractivity contribution in [2.45, 2.75) is 19.8 Å². The van der Waals surface area contributed by atoms with E-state index in [1.54, 1.807) is 0 Å². The highest BCUT2D eigenvalue weighted by Crippen LogP contribution is 2.36. The Bertz CT molecular complexity index is 866. The maximum atomic E-state index is 12.2. The largest absolute Gasteiger partial charge is 0.350 e. The number of amides is 1. The van der Waals surface area contributed by atoms with Crippen LogP contribution in [0.3, 0.4) is 0 Å². The molecule has 0 fully saturated rings. The molecule has 0 spiro atoms. The van der Waals surface area contributed by atoms with E-state index in [1.807, 2.05) is 36.4 Å². The van der Waals surface area contributed by atoms with Crippen molar-refractivity contribution in [3.63, 3.8) is 0 Å². The monoisotopic (exact) mass is 327 g/mol. The number of para-hydroxylation sites is 1. The van der Waals surface area contributed by atoms with E-state index >= 15 is 0 Å². The summed E-state index contributed by atoms with van der Waals surface area (Å²) in [6, 6.07) is 13.5. The molecule has 3 aromatic rings. The molecule has 0 bridgehead atoms. The lowest BCUT2D eigenvalue weighted by Crippen LogP contribution is -2.30. The van der Waals surface area contributed by atoms with Crippen molar-refractivity contribution >= 4 is 28.4 Å². The zero-order chi connectivity index (χ0) is 16.6. The molecule has 4 N–H and O–H groups in total. The average Bonchev–Trinajstić information content (AvgIpc) is 2.94. The molecule has 0 aliphatic carbocycles. The van der Waals surface area contributed by atoms with Crippen LogP contribution in [0, 0.1) is 0 Å². The van der Waals surface area contributed by atoms with Gasteiger partial charge in [0.2, 0.25) is 0 Å². The van der Waals surface area contributed by atoms with Gasteiger partial charge in [0, 0.05) is 16.0 Å². The van der Waals surface area contributed by atoms with Crippen LogP contribution in [0.4, 0.5) is 0 Å². The number of carbonyl (C=O) groups is 1. The minimum atomic E-state index is -0.346. The van der Waals surface area contributed by atoms with Gasteiger partial charge in [0.1, 0.15) is 5.69 Å². The van der Waals surface area contributed by atoms with Gasteiger partial charge >= 0.3 is 0 Å². The second-order valence-electron chi connectivity index (χ2n) is 5.78. The molecule has 1 aromatic heterocycles. The fraction of sp³-hybridized carbons (Fsp3) is 0.167. The summed E-state index contributed by atoms with van der Waals surface area (Å²) in [6.45, 7) is 4.25. The Balaban J connectivity index is 2.35. The zero-order valence-electron chi connectivity index (χ0n) is 13.0. The normalized spacial score (nSPS) is 11.2. The van der Waals surface area contributed by atoms with Crippen LogP contribution < -0.4 is 11.3 Å². The molecular formula is C18H18ClN3O. The lowest BCUT2D eigenvalue weighted by molar-refractivity contribution is 0.0950. The Morgan fingerprint density at radius 3 is 2.48 bits per heavy atom. The summed E-state index contributed by atoms with van der Waals surface area (Å²) >= 11 is 5.98. The van der Waals surface area contributed by atoms with Crippen molar-refractivity contribution < 1.29 is 4.79 Å². The molecule has 4 nitrogen and oxygen atoms in total. The number of aromatic amines is 1. The molecule has 0 unspecified atom stereocenters. The molecule has 23 heavy (non-hydrogen) atoms. The SMILES string of the molecule is CC(C)c1cccc2c(-c3ccc(Cl)cc3)c(C(=O)NN)[nH]c12. The van der Waals surface area contributed by atoms with Crippen molar-refractivity contribution in [3.05, 3.63) is 58.7 Å². The summed E-state index contributed by atoms with van der Waals surface area (Å²) in [5.74, 6) is 5.34. The summed E-state index contributed by atoms with van der Waals surface area (Å²) in [5, 5.41) is 1.65. The number of hydrazine groups is 1. The van der Waals surface area contributed by atoms with Crippen LogP contribution in [0.1, 0.15) is 35.8 Å². The highest BCUT2D eigenvalue weighted by Gasteiger charge is 2.20. The molecule has 5 heteroatoms. The Morgan fingerprint density at radius 2 is 1.87 bits per heavy atom. The molecule has 2 aromatic carbocycles. The predicted octanol–water partition coefficient (Wildman–Crippen LogP) is 4.22. The lowest BCUT2D eigenvalue weighted by Gasteiger charge is -2.07. The number of aromatic nitrogens is 1. The number of hydrogen-bond donors (Lipinski definition) is 3. The lowest BCUT2D eigenvalue weighted by atomic mass is 9.97. The van der Waals surface area contributed by atoms with E-state index in [4.69, 9.17) is 17.4 Å². The Kier molecular flexibility index (Phi) is 4.11. The van der Waals surface area contributed by atoms with Gasteiger partial charge in [-0.05, 0) is 29.2 Å². The van der Waals surface area contributed by atoms with Crippen LogP contribution in [0.2, 0.25) is 5.02 Å². The molecule has 0 radical (unpaired) electrons. The molecule has 0 aliphatic rings. The number of nitrogens with two attached hydrogens (primary N) is 1. The third kappa shape index (κ3) is 2.71. The summed E-state index contributed by atoms with van der Waals surface area (Å²) in [7, 11) is 0. The minimum Gasteiger partial charge on any atom is -0.350 e. The average molecular weight is 328 g/mol. The minimum absolute atomic E-state index is 0.337. The maximum Gasteiger partial charge on any atom is 0.282 e. The van der Waals surface area contributed by atoms with Gasteiger partial charge in [0.15, 0.2) is 0 Å². The van der Waals surface area contributed by atoms with Crippen LogP contribution in [-0.2, 0) is 0 Å². The Morgan fingerprint density at radius 1 is 1.17 bits per heavy atom. The quantitative estimate of drug-likeness (QED) is 0.383. The van der Waals surface area contributed by atoms with Gasteiger partial charge < -0.3 is 4.98 Å². The van der Waals surface area contributed by atoms with E-state index < -0.39 is 0 Å². The smallest absolute Gasteiger partial charge is 0.282 e. The van der Waals surface area contributed by atoms with Crippen molar-refractivity contribution in [3.8, 4) is 11.1 Å². The number of nitrogen functional groups attached to an aromatic ring is 1. The van der Waals surface area contributed by atoms with Gasteiger partial charge in [-0.2, -0.15) is 0 Å². The first kappa shape index (κ1) is 15.6. The van der Waals surface area contributed by atoms with E-state index in [-0.39, 0.29) is 5.91 Å². The molecule has 1 amide bonds. The Labute approximate surface area is 139 Å². The number of H-pyrrole nitrogens is 1. The number of carbonyl (C=O) groups excluding carboxylic acids is 1. The van der Waals surface area contributed by atoms with E-state index in [0.29, 0.717) is 16.6 Å². The van der Waals surface area contributed by atoms with Crippen LogP contribution in [-0.4, -0.2) is 10.9 Å². The molecule has 0 atom stereocenters. The Hall–Kier alpha value is -2.30. The molecule has 1 heterocycles. The summed E-state index contributed by atoms with van der Waals surface area (Å²) in [5.41, 5.74) is 6.55. The molecule has 0 saturated carbocycles. The third-order valence-electron chi connectivity index (χ3n) is 3.98. The highest BCUT2D eigenvalue weighted by atomic mass is 35.5. The van der Waals surface area contributed by atoms with Crippen LogP contribution in [0.25, 0.3) is 22.0 Å². The molecular weight excluding hydrogens is 310 g/mol. The van der Waals surface area contributed by atoms with Crippen molar-refractivity contribution in [2.75, 3.05) is 0 Å². The second-order valence-corrected chi connectivity index (χ2v) is 6.22. The number of benzene rings is 2. The summed E-state index contributed by atoms with van der Waals surface area (Å²) in [4.78, 5) is 15.5. The number of fused-ring (bicyclic) bond motifs is 1. The number of hydrogen-bond acceptors (Lipinski definition) is 2. The molecule has 118 valence electrons. The standard InChI is InChI=1S/C18H18ClN3O/c1-10(2)13-4-3-5-14-15(11-6-8-12(19)9-7-11)17(18(23)22-20)21-16(13)14/h3-10,21H,20H2,1-2H3,(H,22,23). The zero-order valence-corrected chi connectivity index (χ0v) is 13.7. The van der Waals surface area contributed by atoms with Gasteiger partial charge in [-0.1, -0.05) is 55.8 Å². The van der Waals surface area contributed by atoms with Crippen LogP contribution in [0.5, 0.6) is 0 Å². The fourth-order valence-electron chi connectivity index (χ4n) is 2.88. The number of rotatable bonds is 3. The van der Waals surface area contributed by atoms with Crippen LogP contribution in [0.15, 0.2) is 42.5 Å². The van der Waals surface area contributed by atoms with Crippen molar-refractivity contribution in [1.29, 1.82) is 0 Å². The van der Waals surface area contributed by atoms with Gasteiger partial charge in [-0.3, -0.25) is 10.2 Å². The highest BCUT2D eigenvalue weighted by molar-refractivity contribution is 6.30. The van der Waals surface area contributed by atoms with Gasteiger partial charge in [0.05, 0.1) is 5.52 Å². The second kappa shape index (κ2) is 6.07. The van der Waals surface area contributed by atoms with E-state index in [0.717, 1.165) is 27.6 Å². The van der Waals surface area contributed by atoms with Crippen LogP contribution >= 0.6 is 11.6 Å². The van der Waals surface area contributed by atoms with Gasteiger partial charge in [-0.25, -0.2) is 5.84 Å². The third-order valence-corrected chi connectivity index (χ3v) is 4.23. The van der Waals surface area contributed by atoms with E-state index in [1.165, 1.54) is 0 Å². The van der Waals surface area contributed by atoms with Gasteiger partial charge in [0.25, 0.3) is 5.91 Å². The van der Waals surface area contributed by atoms with Gasteiger partial charge in [-0.15, -0.1) is 0 Å².